The minimum atomic E-state index is -0.309. The van der Waals surface area contributed by atoms with Crippen LogP contribution in [0.25, 0.3) is 22.4 Å². The van der Waals surface area contributed by atoms with E-state index in [0.717, 1.165) is 18.4 Å². The molecule has 0 aliphatic carbocycles. The van der Waals surface area contributed by atoms with Crippen LogP contribution in [0.2, 0.25) is 0 Å². The first-order valence-corrected chi connectivity index (χ1v) is 10.7. The lowest BCUT2D eigenvalue weighted by atomic mass is 10.1. The van der Waals surface area contributed by atoms with Crippen LogP contribution in [-0.2, 0) is 16.0 Å². The highest BCUT2D eigenvalue weighted by Crippen LogP contribution is 2.21. The molecular weight excluding hydrogens is 399 g/mol. The number of hydrogen-bond donors (Lipinski definition) is 1. The molecule has 1 aromatic carbocycles. The third kappa shape index (κ3) is 6.08. The average Bonchev–Trinajstić information content (AvgIpc) is 2.78. The molecule has 8 heteroatoms. The fourth-order valence-electron chi connectivity index (χ4n) is 3.20. The van der Waals surface area contributed by atoms with E-state index in [2.05, 4.69) is 15.3 Å². The summed E-state index contributed by atoms with van der Waals surface area (Å²) in [4.78, 5) is 22.3. The Bertz CT molecular complexity index is 1040. The normalized spacial score (nSPS) is 11.2. The maximum Gasteiger partial charge on any atom is 0.295 e. The van der Waals surface area contributed by atoms with Gasteiger partial charge in [0.15, 0.2) is 11.5 Å². The van der Waals surface area contributed by atoms with Crippen LogP contribution in [0.5, 0.6) is 0 Å². The van der Waals surface area contributed by atoms with Crippen molar-refractivity contribution in [2.45, 2.75) is 33.2 Å². The predicted octanol–water partition coefficient (Wildman–Crippen LogP) is 3.86. The number of aromatic nitrogens is 3. The lowest BCUT2D eigenvalue weighted by Gasteiger charge is -2.13. The Morgan fingerprint density at radius 2 is 1.71 bits per heavy atom. The maximum atomic E-state index is 13.3. The third-order valence-corrected chi connectivity index (χ3v) is 4.81. The lowest BCUT2D eigenvalue weighted by Crippen LogP contribution is -2.28. The van der Waals surface area contributed by atoms with Crippen molar-refractivity contribution in [2.75, 3.05) is 38.3 Å². The largest absolute Gasteiger partial charge is 0.382 e. The van der Waals surface area contributed by atoms with Gasteiger partial charge in [0.1, 0.15) is 11.3 Å². The number of nitrogens with zero attached hydrogens (tertiary/aromatic N) is 3. The number of nitrogens with one attached hydrogen (secondary N) is 1. The summed E-state index contributed by atoms with van der Waals surface area (Å²) in [5.74, 6) is -0.00598. The Kier molecular flexibility index (Phi) is 8.49. The summed E-state index contributed by atoms with van der Waals surface area (Å²) in [5.41, 5.74) is 2.27. The molecule has 0 spiro atoms. The smallest absolute Gasteiger partial charge is 0.295 e. The van der Waals surface area contributed by atoms with E-state index in [1.54, 1.807) is 16.7 Å². The molecule has 3 rings (SSSR count). The van der Waals surface area contributed by atoms with Crippen LogP contribution in [-0.4, -0.2) is 47.5 Å². The summed E-state index contributed by atoms with van der Waals surface area (Å²) < 4.78 is 25.7. The van der Waals surface area contributed by atoms with Gasteiger partial charge in [-0.25, -0.2) is 14.4 Å². The minimum absolute atomic E-state index is 0.235. The molecular formula is C23H29FN4O3. The van der Waals surface area contributed by atoms with Crippen molar-refractivity contribution < 1.29 is 13.9 Å². The number of fused-ring (bicyclic) bond motifs is 1. The third-order valence-electron chi connectivity index (χ3n) is 4.81. The molecule has 2 heterocycles. The van der Waals surface area contributed by atoms with Crippen molar-refractivity contribution in [3.05, 3.63) is 52.6 Å². The summed E-state index contributed by atoms with van der Waals surface area (Å²) in [6, 6.07) is 9.76. The number of rotatable bonds is 12. The Hall–Kier alpha value is -2.84. The summed E-state index contributed by atoms with van der Waals surface area (Å²) in [6.45, 7) is 7.25. The zero-order chi connectivity index (χ0) is 22.1. The van der Waals surface area contributed by atoms with Gasteiger partial charge in [0, 0.05) is 31.9 Å². The zero-order valence-corrected chi connectivity index (χ0v) is 18.1. The van der Waals surface area contributed by atoms with Crippen LogP contribution in [0.3, 0.4) is 0 Å². The Morgan fingerprint density at radius 3 is 2.45 bits per heavy atom. The van der Waals surface area contributed by atoms with Gasteiger partial charge < -0.3 is 14.8 Å². The number of anilines is 1. The fourth-order valence-corrected chi connectivity index (χ4v) is 3.20. The van der Waals surface area contributed by atoms with Crippen LogP contribution >= 0.6 is 0 Å². The molecule has 0 saturated heterocycles. The highest BCUT2D eigenvalue weighted by molar-refractivity contribution is 5.76. The summed E-state index contributed by atoms with van der Waals surface area (Å²) >= 11 is 0. The van der Waals surface area contributed by atoms with Gasteiger partial charge in [-0.3, -0.25) is 9.36 Å². The van der Waals surface area contributed by atoms with Crippen LogP contribution < -0.4 is 10.9 Å². The fraction of sp³-hybridized carbons (Fsp3) is 0.435. The molecule has 7 nitrogen and oxygen atoms in total. The Labute approximate surface area is 181 Å². The number of hydrogen-bond acceptors (Lipinski definition) is 6. The highest BCUT2D eigenvalue weighted by atomic mass is 19.1. The second kappa shape index (κ2) is 11.5. The van der Waals surface area contributed by atoms with Crippen molar-refractivity contribution in [2.24, 2.45) is 0 Å². The molecule has 3 aromatic rings. The van der Waals surface area contributed by atoms with Crippen LogP contribution in [0.1, 0.15) is 26.7 Å². The molecule has 0 fully saturated rings. The zero-order valence-electron chi connectivity index (χ0n) is 18.1. The summed E-state index contributed by atoms with van der Waals surface area (Å²) in [6.07, 6.45) is 1.79. The molecule has 0 radical (unpaired) electrons. The van der Waals surface area contributed by atoms with Crippen molar-refractivity contribution in [3.63, 3.8) is 0 Å². The van der Waals surface area contributed by atoms with Crippen LogP contribution in [0, 0.1) is 5.82 Å². The Morgan fingerprint density at radius 1 is 0.968 bits per heavy atom. The molecule has 1 N–H and O–H groups in total. The predicted molar refractivity (Wildman–Crippen MR) is 120 cm³/mol. The van der Waals surface area contributed by atoms with Gasteiger partial charge in [-0.15, -0.1) is 0 Å². The quantitative estimate of drug-likeness (QED) is 0.442. The van der Waals surface area contributed by atoms with E-state index >= 15 is 0 Å². The molecule has 0 amide bonds. The van der Waals surface area contributed by atoms with Gasteiger partial charge in [-0.1, -0.05) is 0 Å². The number of pyridine rings is 1. The number of unbranched alkanes of at least 4 members (excludes halogenated alkanes) is 1. The van der Waals surface area contributed by atoms with Crippen molar-refractivity contribution in [3.8, 4) is 11.3 Å². The van der Waals surface area contributed by atoms with Crippen molar-refractivity contribution >= 4 is 17.0 Å². The van der Waals surface area contributed by atoms with E-state index in [4.69, 9.17) is 9.47 Å². The molecule has 0 aliphatic heterocycles. The molecule has 0 aliphatic rings. The molecule has 166 valence electrons. The second-order valence-electron chi connectivity index (χ2n) is 6.99. The van der Waals surface area contributed by atoms with E-state index in [1.165, 1.54) is 12.1 Å². The van der Waals surface area contributed by atoms with E-state index < -0.39 is 0 Å². The van der Waals surface area contributed by atoms with E-state index in [9.17, 15) is 9.18 Å². The average molecular weight is 429 g/mol. The monoisotopic (exact) mass is 428 g/mol. The van der Waals surface area contributed by atoms with Crippen LogP contribution in [0.4, 0.5) is 10.2 Å². The van der Waals surface area contributed by atoms with Gasteiger partial charge in [0.05, 0.1) is 18.8 Å². The highest BCUT2D eigenvalue weighted by Gasteiger charge is 2.13. The molecule has 0 unspecified atom stereocenters. The standard InChI is InChI=1S/C23H29FN4O3/c1-3-30-15-6-5-13-25-21-23(29)28(14-16-31-4-2)22-20(26-21)12-11-19(27-22)17-7-9-18(24)10-8-17/h7-12H,3-6,13-16H2,1-2H3,(H,25,26). The second-order valence-corrected chi connectivity index (χ2v) is 6.99. The van der Waals surface area contributed by atoms with Gasteiger partial charge in [-0.2, -0.15) is 0 Å². The molecule has 31 heavy (non-hydrogen) atoms. The number of halogens is 1. The molecule has 0 atom stereocenters. The van der Waals surface area contributed by atoms with Gasteiger partial charge in [-0.05, 0) is 63.1 Å². The summed E-state index contributed by atoms with van der Waals surface area (Å²) in [5, 5.41) is 3.16. The number of benzene rings is 1. The number of ether oxygens (including phenoxy) is 2. The first kappa shape index (κ1) is 22.8. The van der Waals surface area contributed by atoms with Crippen molar-refractivity contribution in [1.82, 2.24) is 14.5 Å². The van der Waals surface area contributed by atoms with Crippen LogP contribution in [0.15, 0.2) is 41.2 Å². The van der Waals surface area contributed by atoms with Gasteiger partial charge in [0.25, 0.3) is 5.56 Å². The molecule has 2 aromatic heterocycles. The van der Waals surface area contributed by atoms with Gasteiger partial charge in [0.2, 0.25) is 0 Å². The first-order valence-electron chi connectivity index (χ1n) is 10.7. The van der Waals surface area contributed by atoms with E-state index in [-0.39, 0.29) is 11.4 Å². The lowest BCUT2D eigenvalue weighted by molar-refractivity contribution is 0.139. The van der Waals surface area contributed by atoms with Crippen molar-refractivity contribution in [1.29, 1.82) is 0 Å². The van der Waals surface area contributed by atoms with Gasteiger partial charge >= 0.3 is 0 Å². The molecule has 0 saturated carbocycles. The maximum absolute atomic E-state index is 13.3. The topological polar surface area (TPSA) is 78.3 Å². The Balaban J connectivity index is 1.90. The minimum Gasteiger partial charge on any atom is -0.382 e. The SMILES string of the molecule is CCOCCCCNc1nc2ccc(-c3ccc(F)cc3)nc2n(CCOCC)c1=O. The van der Waals surface area contributed by atoms with E-state index in [0.29, 0.717) is 62.2 Å². The summed E-state index contributed by atoms with van der Waals surface area (Å²) in [7, 11) is 0. The van der Waals surface area contributed by atoms with E-state index in [1.807, 2.05) is 26.0 Å². The molecule has 0 bridgehead atoms. The first-order chi connectivity index (χ1) is 15.1.